The van der Waals surface area contributed by atoms with Gasteiger partial charge < -0.3 is 10.7 Å². The molecule has 2 N–H and O–H groups in total. The number of rotatable bonds is 10. The Hall–Kier alpha value is -2.01. The van der Waals surface area contributed by atoms with Crippen molar-refractivity contribution in [3.05, 3.63) is 60.2 Å². The van der Waals surface area contributed by atoms with Crippen LogP contribution in [0.3, 0.4) is 0 Å². The molecule has 3 rings (SSSR count). The summed E-state index contributed by atoms with van der Waals surface area (Å²) in [7, 11) is 0. The van der Waals surface area contributed by atoms with Gasteiger partial charge in [0.05, 0.1) is 19.2 Å². The molecule has 0 radical (unpaired) electrons. The highest BCUT2D eigenvalue weighted by molar-refractivity contribution is 5.85. The SMILES string of the molecule is CCCCCNC[C@@H]1CC(=N)CN1OCc1ccc(-c2ccccc2)cc1. The van der Waals surface area contributed by atoms with Gasteiger partial charge in [-0.1, -0.05) is 74.4 Å². The van der Waals surface area contributed by atoms with E-state index >= 15 is 0 Å². The number of nitrogens with one attached hydrogen (secondary N) is 2. The lowest BCUT2D eigenvalue weighted by atomic mass is 10.0. The van der Waals surface area contributed by atoms with Gasteiger partial charge in [0.15, 0.2) is 0 Å². The maximum atomic E-state index is 8.01. The highest BCUT2D eigenvalue weighted by Crippen LogP contribution is 2.21. The van der Waals surface area contributed by atoms with Crippen molar-refractivity contribution >= 4 is 5.71 Å². The van der Waals surface area contributed by atoms with Crippen LogP contribution < -0.4 is 5.32 Å². The van der Waals surface area contributed by atoms with Crippen LogP contribution in [-0.2, 0) is 11.4 Å². The fourth-order valence-electron chi connectivity index (χ4n) is 3.44. The minimum Gasteiger partial charge on any atom is -0.315 e. The zero-order chi connectivity index (χ0) is 18.9. The van der Waals surface area contributed by atoms with Crippen LogP contribution in [0, 0.1) is 5.41 Å². The molecule has 2 aromatic carbocycles. The van der Waals surface area contributed by atoms with Crippen molar-refractivity contribution in [1.82, 2.24) is 10.4 Å². The van der Waals surface area contributed by atoms with E-state index in [0.717, 1.165) is 30.8 Å². The van der Waals surface area contributed by atoms with Crippen LogP contribution in [0.5, 0.6) is 0 Å². The van der Waals surface area contributed by atoms with E-state index in [2.05, 4.69) is 60.8 Å². The zero-order valence-electron chi connectivity index (χ0n) is 16.3. The van der Waals surface area contributed by atoms with Crippen molar-refractivity contribution in [2.24, 2.45) is 0 Å². The highest BCUT2D eigenvalue weighted by atomic mass is 16.7. The molecular weight excluding hydrogens is 334 g/mol. The normalized spacial score (nSPS) is 17.5. The van der Waals surface area contributed by atoms with Crippen molar-refractivity contribution in [3.8, 4) is 11.1 Å². The lowest BCUT2D eigenvalue weighted by molar-refractivity contribution is -0.175. The first-order valence-corrected chi connectivity index (χ1v) is 10.1. The first kappa shape index (κ1) is 19.7. The van der Waals surface area contributed by atoms with Gasteiger partial charge in [-0.15, -0.1) is 0 Å². The minimum absolute atomic E-state index is 0.266. The van der Waals surface area contributed by atoms with E-state index in [-0.39, 0.29) is 6.04 Å². The molecule has 0 bridgehead atoms. The summed E-state index contributed by atoms with van der Waals surface area (Å²) in [6, 6.07) is 19.2. The van der Waals surface area contributed by atoms with Gasteiger partial charge in [0.25, 0.3) is 0 Å². The number of benzene rings is 2. The molecule has 0 amide bonds. The van der Waals surface area contributed by atoms with Crippen molar-refractivity contribution in [2.45, 2.75) is 45.3 Å². The molecule has 4 heteroatoms. The van der Waals surface area contributed by atoms with Crippen LogP contribution in [0.25, 0.3) is 11.1 Å². The molecule has 1 fully saturated rings. The second-order valence-electron chi connectivity index (χ2n) is 7.28. The van der Waals surface area contributed by atoms with Gasteiger partial charge in [0.2, 0.25) is 0 Å². The van der Waals surface area contributed by atoms with E-state index in [1.807, 2.05) is 11.1 Å². The van der Waals surface area contributed by atoms with Crippen LogP contribution >= 0.6 is 0 Å². The van der Waals surface area contributed by atoms with Gasteiger partial charge in [-0.2, -0.15) is 5.06 Å². The number of hydroxylamine groups is 2. The van der Waals surface area contributed by atoms with Crippen molar-refractivity contribution in [3.63, 3.8) is 0 Å². The quantitative estimate of drug-likeness (QED) is 0.602. The molecule has 1 atom stereocenters. The summed E-state index contributed by atoms with van der Waals surface area (Å²) in [4.78, 5) is 6.05. The summed E-state index contributed by atoms with van der Waals surface area (Å²) in [6.07, 6.45) is 4.53. The second kappa shape index (κ2) is 10.4. The maximum absolute atomic E-state index is 8.01. The smallest absolute Gasteiger partial charge is 0.0936 e. The molecule has 0 aliphatic carbocycles. The van der Waals surface area contributed by atoms with Gasteiger partial charge in [0, 0.05) is 18.7 Å². The molecule has 1 aliphatic rings. The highest BCUT2D eigenvalue weighted by Gasteiger charge is 2.28. The Morgan fingerprint density at radius 2 is 1.78 bits per heavy atom. The average molecular weight is 366 g/mol. The Morgan fingerprint density at radius 1 is 1.04 bits per heavy atom. The molecule has 4 nitrogen and oxygen atoms in total. The molecule has 1 aliphatic heterocycles. The largest absolute Gasteiger partial charge is 0.315 e. The Morgan fingerprint density at radius 3 is 2.52 bits per heavy atom. The Kier molecular flexibility index (Phi) is 7.57. The van der Waals surface area contributed by atoms with Crippen LogP contribution in [0.4, 0.5) is 0 Å². The fourth-order valence-corrected chi connectivity index (χ4v) is 3.44. The summed E-state index contributed by atoms with van der Waals surface area (Å²) < 4.78 is 0. The molecule has 27 heavy (non-hydrogen) atoms. The van der Waals surface area contributed by atoms with Crippen molar-refractivity contribution < 1.29 is 4.84 Å². The summed E-state index contributed by atoms with van der Waals surface area (Å²) in [6.45, 7) is 5.32. The molecule has 0 spiro atoms. The lowest BCUT2D eigenvalue weighted by Gasteiger charge is -2.23. The van der Waals surface area contributed by atoms with Crippen LogP contribution in [0.2, 0.25) is 0 Å². The van der Waals surface area contributed by atoms with E-state index in [1.165, 1.54) is 30.4 Å². The fraction of sp³-hybridized carbons (Fsp3) is 0.435. The van der Waals surface area contributed by atoms with Crippen molar-refractivity contribution in [2.75, 3.05) is 19.6 Å². The van der Waals surface area contributed by atoms with Gasteiger partial charge >= 0.3 is 0 Å². The number of nitrogens with zero attached hydrogens (tertiary/aromatic N) is 1. The molecule has 0 unspecified atom stereocenters. The van der Waals surface area contributed by atoms with E-state index in [4.69, 9.17) is 10.2 Å². The number of unbranched alkanes of at least 4 members (excludes halogenated alkanes) is 2. The molecule has 2 aromatic rings. The monoisotopic (exact) mass is 365 g/mol. The Bertz CT molecular complexity index is 699. The molecule has 1 saturated heterocycles. The molecule has 1 heterocycles. The number of hydrogen-bond acceptors (Lipinski definition) is 4. The third-order valence-electron chi connectivity index (χ3n) is 5.03. The van der Waals surface area contributed by atoms with E-state index in [1.54, 1.807) is 0 Å². The van der Waals surface area contributed by atoms with Crippen LogP contribution in [-0.4, -0.2) is 36.5 Å². The van der Waals surface area contributed by atoms with Gasteiger partial charge in [0.1, 0.15) is 0 Å². The van der Waals surface area contributed by atoms with E-state index in [9.17, 15) is 0 Å². The predicted molar refractivity (Wildman–Crippen MR) is 112 cm³/mol. The Labute approximate surface area is 163 Å². The molecular formula is C23H31N3O. The van der Waals surface area contributed by atoms with Crippen LogP contribution in [0.1, 0.15) is 38.2 Å². The van der Waals surface area contributed by atoms with Crippen molar-refractivity contribution in [1.29, 1.82) is 5.41 Å². The predicted octanol–water partition coefficient (Wildman–Crippen LogP) is 4.66. The third-order valence-corrected chi connectivity index (χ3v) is 5.03. The van der Waals surface area contributed by atoms with Gasteiger partial charge in [-0.25, -0.2) is 0 Å². The average Bonchev–Trinajstić information content (AvgIpc) is 3.07. The zero-order valence-corrected chi connectivity index (χ0v) is 16.3. The number of hydrogen-bond donors (Lipinski definition) is 2. The first-order valence-electron chi connectivity index (χ1n) is 10.1. The first-order chi connectivity index (χ1) is 13.3. The van der Waals surface area contributed by atoms with E-state index in [0.29, 0.717) is 13.2 Å². The third kappa shape index (κ3) is 5.99. The van der Waals surface area contributed by atoms with E-state index < -0.39 is 0 Å². The van der Waals surface area contributed by atoms with Gasteiger partial charge in [-0.05, 0) is 29.7 Å². The minimum atomic E-state index is 0.266. The summed E-state index contributed by atoms with van der Waals surface area (Å²) in [5.74, 6) is 0. The van der Waals surface area contributed by atoms with Gasteiger partial charge in [-0.3, -0.25) is 4.84 Å². The molecule has 0 saturated carbocycles. The standard InChI is InChI=1S/C23H31N3O/c1-2-3-7-14-25-16-23-15-22(24)17-26(23)27-18-19-10-12-21(13-11-19)20-8-5-4-6-9-20/h4-6,8-13,23-25H,2-3,7,14-18H2,1H3/t23-/m0/s1. The summed E-state index contributed by atoms with van der Waals surface area (Å²) in [5, 5.41) is 13.5. The maximum Gasteiger partial charge on any atom is 0.0936 e. The Balaban J connectivity index is 1.48. The lowest BCUT2D eigenvalue weighted by Crippen LogP contribution is -2.38. The molecule has 144 valence electrons. The summed E-state index contributed by atoms with van der Waals surface area (Å²) in [5.41, 5.74) is 4.36. The molecule has 0 aromatic heterocycles. The van der Waals surface area contributed by atoms with Crippen LogP contribution in [0.15, 0.2) is 54.6 Å². The second-order valence-corrected chi connectivity index (χ2v) is 7.28. The topological polar surface area (TPSA) is 48.4 Å². The summed E-state index contributed by atoms with van der Waals surface area (Å²) >= 11 is 0.